The Hall–Kier alpha value is -4.83. The lowest BCUT2D eigenvalue weighted by Crippen LogP contribution is -2.50. The van der Waals surface area contributed by atoms with E-state index in [4.69, 9.17) is 14.2 Å². The summed E-state index contributed by atoms with van der Waals surface area (Å²) in [4.78, 5) is 29.1. The third kappa shape index (κ3) is 5.48. The average Bonchev–Trinajstić information content (AvgIpc) is 3.48. The zero-order valence-electron chi connectivity index (χ0n) is 22.2. The number of urea groups is 1. The van der Waals surface area contributed by atoms with Crippen LogP contribution in [0.5, 0.6) is 17.2 Å². The zero-order valence-corrected chi connectivity index (χ0v) is 22.2. The van der Waals surface area contributed by atoms with E-state index in [0.717, 1.165) is 39.1 Å². The number of amides is 2. The summed E-state index contributed by atoms with van der Waals surface area (Å²) in [6, 6.07) is 21.0. The summed E-state index contributed by atoms with van der Waals surface area (Å²) in [6.45, 7) is 3.50. The summed E-state index contributed by atoms with van der Waals surface area (Å²) >= 11 is 0. The number of ether oxygens (including phenoxy) is 3. The molecule has 10 heteroatoms. The topological polar surface area (TPSA) is 105 Å². The third-order valence-electron chi connectivity index (χ3n) is 6.90. The van der Waals surface area contributed by atoms with Crippen molar-refractivity contribution in [3.63, 3.8) is 0 Å². The van der Waals surface area contributed by atoms with Gasteiger partial charge < -0.3 is 34.3 Å². The number of hydrogen-bond acceptors (Lipinski definition) is 7. The van der Waals surface area contributed by atoms with Crippen LogP contribution in [0.2, 0.25) is 0 Å². The van der Waals surface area contributed by atoms with Crippen LogP contribution in [0.1, 0.15) is 0 Å². The summed E-state index contributed by atoms with van der Waals surface area (Å²) in [6.07, 6.45) is 3.46. The summed E-state index contributed by atoms with van der Waals surface area (Å²) in [5, 5.41) is 4.97. The molecular formula is C30H30N6O4. The Kier molecular flexibility index (Phi) is 7.32. The monoisotopic (exact) mass is 538 g/mol. The molecule has 1 aliphatic rings. The van der Waals surface area contributed by atoms with Gasteiger partial charge in [-0.05, 0) is 54.6 Å². The molecule has 204 valence electrons. The number of carbonyl (C=O) groups is 1. The number of methoxy groups -OCH3 is 1. The standard InChI is InChI=1S/C30H30N6O4/c1-38-17-18-39-23-9-10-25-27(19-23)32-20-33-29(25)35-13-15-36(16-14-35)30(37)34-21-5-7-22(8-6-21)40-28-4-2-3-26-24(28)11-12-31-26/h2-12,19-20,31H,13-18H2,1H3,(H,34,37). The molecule has 0 saturated carbocycles. The van der Waals surface area contributed by atoms with Gasteiger partial charge >= 0.3 is 6.03 Å². The van der Waals surface area contributed by atoms with E-state index in [2.05, 4.69) is 25.2 Å². The van der Waals surface area contributed by atoms with Crippen LogP contribution in [-0.2, 0) is 4.74 Å². The molecule has 3 heterocycles. The molecule has 0 aliphatic carbocycles. The first-order chi connectivity index (χ1) is 19.7. The third-order valence-corrected chi connectivity index (χ3v) is 6.90. The molecule has 6 rings (SSSR count). The number of H-pyrrole nitrogens is 1. The molecule has 40 heavy (non-hydrogen) atoms. The summed E-state index contributed by atoms with van der Waals surface area (Å²) < 4.78 is 16.8. The Morgan fingerprint density at radius 2 is 1.75 bits per heavy atom. The van der Waals surface area contributed by atoms with Gasteiger partial charge in [0.2, 0.25) is 0 Å². The molecule has 1 aliphatic heterocycles. The van der Waals surface area contributed by atoms with Gasteiger partial charge in [0.1, 0.15) is 36.0 Å². The van der Waals surface area contributed by atoms with Crippen LogP contribution >= 0.6 is 0 Å². The quantitative estimate of drug-likeness (QED) is 0.259. The number of aromatic amines is 1. The molecule has 2 N–H and O–H groups in total. The average molecular weight is 539 g/mol. The fraction of sp³-hybridized carbons (Fsp3) is 0.233. The van der Waals surface area contributed by atoms with Crippen molar-refractivity contribution in [1.29, 1.82) is 0 Å². The lowest BCUT2D eigenvalue weighted by Gasteiger charge is -2.35. The van der Waals surface area contributed by atoms with Gasteiger partial charge in [0, 0.05) is 67.5 Å². The van der Waals surface area contributed by atoms with E-state index >= 15 is 0 Å². The number of anilines is 2. The SMILES string of the molecule is COCCOc1ccc2c(N3CCN(C(=O)Nc4ccc(Oc5cccc6[nH]ccc56)cc4)CC3)ncnc2c1. The highest BCUT2D eigenvalue weighted by Crippen LogP contribution is 2.30. The minimum Gasteiger partial charge on any atom is -0.491 e. The highest BCUT2D eigenvalue weighted by atomic mass is 16.5. The molecule has 1 saturated heterocycles. The first-order valence-corrected chi connectivity index (χ1v) is 13.2. The second-order valence-corrected chi connectivity index (χ2v) is 9.44. The molecule has 0 atom stereocenters. The van der Waals surface area contributed by atoms with Crippen LogP contribution in [0.15, 0.2) is 79.3 Å². The number of hydrogen-bond donors (Lipinski definition) is 2. The molecule has 5 aromatic rings. The maximum atomic E-state index is 13.0. The van der Waals surface area contributed by atoms with Gasteiger partial charge in [-0.2, -0.15) is 0 Å². The van der Waals surface area contributed by atoms with E-state index in [1.54, 1.807) is 13.4 Å². The second-order valence-electron chi connectivity index (χ2n) is 9.44. The van der Waals surface area contributed by atoms with Crippen molar-refractivity contribution < 1.29 is 19.0 Å². The Balaban J connectivity index is 1.05. The van der Waals surface area contributed by atoms with E-state index in [1.807, 2.05) is 77.8 Å². The number of nitrogens with zero attached hydrogens (tertiary/aromatic N) is 4. The fourth-order valence-corrected chi connectivity index (χ4v) is 4.81. The van der Waals surface area contributed by atoms with Crippen LogP contribution in [-0.4, -0.2) is 72.4 Å². The molecule has 1 fully saturated rings. The van der Waals surface area contributed by atoms with Crippen molar-refractivity contribution in [3.05, 3.63) is 79.3 Å². The van der Waals surface area contributed by atoms with Crippen LogP contribution in [0.4, 0.5) is 16.3 Å². The fourth-order valence-electron chi connectivity index (χ4n) is 4.81. The van der Waals surface area contributed by atoms with E-state index in [0.29, 0.717) is 50.8 Å². The number of carbonyl (C=O) groups excluding carboxylic acids is 1. The van der Waals surface area contributed by atoms with Gasteiger partial charge in [-0.15, -0.1) is 0 Å². The van der Waals surface area contributed by atoms with Crippen LogP contribution in [0.25, 0.3) is 21.8 Å². The molecule has 3 aromatic carbocycles. The number of nitrogens with one attached hydrogen (secondary N) is 2. The minimum absolute atomic E-state index is 0.129. The maximum Gasteiger partial charge on any atom is 0.321 e. The van der Waals surface area contributed by atoms with E-state index in [-0.39, 0.29) is 6.03 Å². The van der Waals surface area contributed by atoms with Crippen molar-refractivity contribution >= 4 is 39.3 Å². The predicted molar refractivity (Wildman–Crippen MR) is 155 cm³/mol. The lowest BCUT2D eigenvalue weighted by atomic mass is 10.2. The predicted octanol–water partition coefficient (Wildman–Crippen LogP) is 5.28. The smallest absolute Gasteiger partial charge is 0.321 e. The van der Waals surface area contributed by atoms with Crippen LogP contribution in [0.3, 0.4) is 0 Å². The Morgan fingerprint density at radius 3 is 2.58 bits per heavy atom. The number of benzene rings is 3. The molecule has 2 aromatic heterocycles. The van der Waals surface area contributed by atoms with Crippen molar-refractivity contribution in [3.8, 4) is 17.2 Å². The van der Waals surface area contributed by atoms with Gasteiger partial charge in [0.05, 0.1) is 12.1 Å². The first kappa shape index (κ1) is 25.4. The van der Waals surface area contributed by atoms with Crippen molar-refractivity contribution in [2.24, 2.45) is 0 Å². The summed E-state index contributed by atoms with van der Waals surface area (Å²) in [5.74, 6) is 3.08. The van der Waals surface area contributed by atoms with E-state index in [1.165, 1.54) is 0 Å². The minimum atomic E-state index is -0.129. The van der Waals surface area contributed by atoms with Crippen molar-refractivity contribution in [2.75, 3.05) is 56.7 Å². The Bertz CT molecular complexity index is 1610. The Labute approximate surface area is 231 Å². The number of piperazine rings is 1. The normalized spacial score (nSPS) is 13.5. The molecule has 0 bridgehead atoms. The molecule has 0 radical (unpaired) electrons. The Morgan fingerprint density at radius 1 is 0.925 bits per heavy atom. The highest BCUT2D eigenvalue weighted by Gasteiger charge is 2.23. The van der Waals surface area contributed by atoms with Crippen molar-refractivity contribution in [2.45, 2.75) is 0 Å². The largest absolute Gasteiger partial charge is 0.491 e. The maximum absolute atomic E-state index is 13.0. The highest BCUT2D eigenvalue weighted by molar-refractivity contribution is 5.91. The number of aromatic nitrogens is 3. The van der Waals surface area contributed by atoms with Gasteiger partial charge in [-0.1, -0.05) is 6.07 Å². The second kappa shape index (κ2) is 11.5. The van der Waals surface area contributed by atoms with Gasteiger partial charge in [-0.25, -0.2) is 14.8 Å². The van der Waals surface area contributed by atoms with E-state index in [9.17, 15) is 4.79 Å². The van der Waals surface area contributed by atoms with Gasteiger partial charge in [0.25, 0.3) is 0 Å². The van der Waals surface area contributed by atoms with Crippen molar-refractivity contribution in [1.82, 2.24) is 19.9 Å². The number of rotatable bonds is 8. The molecular weight excluding hydrogens is 508 g/mol. The van der Waals surface area contributed by atoms with Crippen LogP contribution < -0.4 is 19.7 Å². The van der Waals surface area contributed by atoms with Crippen LogP contribution in [0, 0.1) is 0 Å². The molecule has 0 spiro atoms. The summed E-state index contributed by atoms with van der Waals surface area (Å²) in [7, 11) is 1.65. The zero-order chi connectivity index (χ0) is 27.3. The molecule has 0 unspecified atom stereocenters. The van der Waals surface area contributed by atoms with Gasteiger partial charge in [-0.3, -0.25) is 0 Å². The lowest BCUT2D eigenvalue weighted by molar-refractivity contribution is 0.146. The van der Waals surface area contributed by atoms with Gasteiger partial charge in [0.15, 0.2) is 0 Å². The number of fused-ring (bicyclic) bond motifs is 2. The summed E-state index contributed by atoms with van der Waals surface area (Å²) in [5.41, 5.74) is 2.55. The molecule has 10 nitrogen and oxygen atoms in total. The first-order valence-electron chi connectivity index (χ1n) is 13.2. The molecule has 2 amide bonds. The van der Waals surface area contributed by atoms with E-state index < -0.39 is 0 Å².